The zero-order valence-corrected chi connectivity index (χ0v) is 10.2. The molecule has 0 aliphatic carbocycles. The van der Waals surface area contributed by atoms with Gasteiger partial charge in [-0.25, -0.2) is 8.78 Å². The van der Waals surface area contributed by atoms with Gasteiger partial charge in [0.05, 0.1) is 0 Å². The van der Waals surface area contributed by atoms with Gasteiger partial charge in [-0.15, -0.1) is 11.3 Å². The molecule has 1 N–H and O–H groups in total. The third-order valence-electron chi connectivity index (χ3n) is 2.62. The molecule has 1 aromatic heterocycles. The maximum atomic E-state index is 13.4. The Morgan fingerprint density at radius 2 is 1.88 bits per heavy atom. The molecule has 1 unspecified atom stereocenters. The van der Waals surface area contributed by atoms with Crippen LogP contribution in [-0.2, 0) is 6.54 Å². The van der Waals surface area contributed by atoms with Gasteiger partial charge in [-0.1, -0.05) is 12.1 Å². The van der Waals surface area contributed by atoms with E-state index in [1.165, 1.54) is 18.2 Å². The summed E-state index contributed by atoms with van der Waals surface area (Å²) in [5.41, 5.74) is 0.0934. The smallest absolute Gasteiger partial charge is 0.130 e. The van der Waals surface area contributed by atoms with Gasteiger partial charge in [-0.3, -0.25) is 0 Å². The molecule has 0 saturated carbocycles. The van der Waals surface area contributed by atoms with Gasteiger partial charge in [0.2, 0.25) is 0 Å². The SMILES string of the molecule is CC(NCc1c(F)cccc1F)c1cccs1. The van der Waals surface area contributed by atoms with Crippen LogP contribution in [0.1, 0.15) is 23.4 Å². The zero-order valence-electron chi connectivity index (χ0n) is 9.41. The minimum Gasteiger partial charge on any atom is -0.305 e. The van der Waals surface area contributed by atoms with Gasteiger partial charge in [0.25, 0.3) is 0 Å². The molecule has 2 aromatic rings. The van der Waals surface area contributed by atoms with Crippen molar-refractivity contribution in [3.63, 3.8) is 0 Å². The van der Waals surface area contributed by atoms with Gasteiger partial charge in [0.15, 0.2) is 0 Å². The number of hydrogen-bond acceptors (Lipinski definition) is 2. The molecule has 0 aliphatic rings. The molecule has 1 atom stereocenters. The molecule has 0 spiro atoms. The third-order valence-corrected chi connectivity index (χ3v) is 3.67. The molecule has 17 heavy (non-hydrogen) atoms. The first-order chi connectivity index (χ1) is 8.18. The fourth-order valence-corrected chi connectivity index (χ4v) is 2.35. The van der Waals surface area contributed by atoms with E-state index >= 15 is 0 Å². The molecular formula is C13H13F2NS. The molecule has 0 aliphatic heterocycles. The van der Waals surface area contributed by atoms with Gasteiger partial charge in [0.1, 0.15) is 11.6 Å². The van der Waals surface area contributed by atoms with E-state index in [4.69, 9.17) is 0 Å². The van der Waals surface area contributed by atoms with E-state index in [9.17, 15) is 8.78 Å². The Labute approximate surface area is 103 Å². The normalized spacial score (nSPS) is 12.6. The summed E-state index contributed by atoms with van der Waals surface area (Å²) >= 11 is 1.62. The van der Waals surface area contributed by atoms with Crippen LogP contribution in [0.25, 0.3) is 0 Å². The van der Waals surface area contributed by atoms with Crippen molar-refractivity contribution < 1.29 is 8.78 Å². The first-order valence-electron chi connectivity index (χ1n) is 5.38. The lowest BCUT2D eigenvalue weighted by atomic mass is 10.2. The van der Waals surface area contributed by atoms with Crippen LogP contribution in [0.4, 0.5) is 8.78 Å². The molecule has 1 heterocycles. The number of benzene rings is 1. The maximum Gasteiger partial charge on any atom is 0.130 e. The third kappa shape index (κ3) is 2.90. The van der Waals surface area contributed by atoms with E-state index in [0.717, 1.165) is 4.88 Å². The Kier molecular flexibility index (Phi) is 3.86. The standard InChI is InChI=1S/C13H13F2NS/c1-9(13-6-3-7-17-13)16-8-10-11(14)4-2-5-12(10)15/h2-7,9,16H,8H2,1H3. The minimum atomic E-state index is -0.504. The van der Waals surface area contributed by atoms with Crippen LogP contribution in [0.5, 0.6) is 0 Å². The Balaban J connectivity index is 2.03. The molecule has 0 amide bonds. The predicted molar refractivity (Wildman–Crippen MR) is 65.9 cm³/mol. The Morgan fingerprint density at radius 3 is 2.47 bits per heavy atom. The lowest BCUT2D eigenvalue weighted by Crippen LogP contribution is -2.18. The van der Waals surface area contributed by atoms with Gasteiger partial charge >= 0.3 is 0 Å². The van der Waals surface area contributed by atoms with Crippen molar-refractivity contribution in [3.8, 4) is 0 Å². The topological polar surface area (TPSA) is 12.0 Å². The average molecular weight is 253 g/mol. The molecule has 90 valence electrons. The van der Waals surface area contributed by atoms with Crippen molar-refractivity contribution in [2.75, 3.05) is 0 Å². The lowest BCUT2D eigenvalue weighted by Gasteiger charge is -2.12. The highest BCUT2D eigenvalue weighted by molar-refractivity contribution is 7.10. The van der Waals surface area contributed by atoms with E-state index < -0.39 is 11.6 Å². The highest BCUT2D eigenvalue weighted by atomic mass is 32.1. The van der Waals surface area contributed by atoms with E-state index in [0.29, 0.717) is 0 Å². The summed E-state index contributed by atoms with van der Waals surface area (Å²) in [6, 6.07) is 7.97. The highest BCUT2D eigenvalue weighted by Gasteiger charge is 2.11. The van der Waals surface area contributed by atoms with E-state index in [1.807, 2.05) is 24.4 Å². The van der Waals surface area contributed by atoms with Crippen LogP contribution in [0, 0.1) is 11.6 Å². The van der Waals surface area contributed by atoms with Crippen LogP contribution >= 0.6 is 11.3 Å². The minimum absolute atomic E-state index is 0.0917. The Hall–Kier alpha value is -1.26. The summed E-state index contributed by atoms with van der Waals surface area (Å²) in [4.78, 5) is 1.15. The summed E-state index contributed by atoms with van der Waals surface area (Å²) in [5, 5.41) is 5.10. The zero-order chi connectivity index (χ0) is 12.3. The first kappa shape index (κ1) is 12.2. The van der Waals surface area contributed by atoms with Gasteiger partial charge in [0, 0.05) is 23.0 Å². The molecule has 0 bridgehead atoms. The number of thiophene rings is 1. The van der Waals surface area contributed by atoms with Crippen molar-refractivity contribution in [2.45, 2.75) is 19.5 Å². The number of nitrogens with one attached hydrogen (secondary N) is 1. The quantitative estimate of drug-likeness (QED) is 0.872. The second-order valence-corrected chi connectivity index (χ2v) is 4.80. The van der Waals surface area contributed by atoms with Crippen LogP contribution in [0.3, 0.4) is 0 Å². The predicted octanol–water partition coefficient (Wildman–Crippen LogP) is 3.88. The fourth-order valence-electron chi connectivity index (χ4n) is 1.59. The molecular weight excluding hydrogens is 240 g/mol. The summed E-state index contributed by atoms with van der Waals surface area (Å²) in [6.07, 6.45) is 0. The molecule has 0 fully saturated rings. The summed E-state index contributed by atoms with van der Waals surface area (Å²) in [7, 11) is 0. The van der Waals surface area contributed by atoms with Crippen LogP contribution in [0.15, 0.2) is 35.7 Å². The number of rotatable bonds is 4. The Morgan fingerprint density at radius 1 is 1.18 bits per heavy atom. The Bertz CT molecular complexity index is 462. The molecule has 0 radical (unpaired) electrons. The number of halogens is 2. The highest BCUT2D eigenvalue weighted by Crippen LogP contribution is 2.19. The lowest BCUT2D eigenvalue weighted by molar-refractivity contribution is 0.512. The van der Waals surface area contributed by atoms with Crippen molar-refractivity contribution in [1.82, 2.24) is 5.32 Å². The first-order valence-corrected chi connectivity index (χ1v) is 6.26. The van der Waals surface area contributed by atoms with Gasteiger partial charge < -0.3 is 5.32 Å². The molecule has 2 rings (SSSR count). The number of hydrogen-bond donors (Lipinski definition) is 1. The summed E-state index contributed by atoms with van der Waals surface area (Å²) < 4.78 is 26.7. The average Bonchev–Trinajstić information content (AvgIpc) is 2.81. The van der Waals surface area contributed by atoms with Crippen LogP contribution < -0.4 is 5.32 Å². The fraction of sp³-hybridized carbons (Fsp3) is 0.231. The summed E-state index contributed by atoms with van der Waals surface area (Å²) in [6.45, 7) is 2.17. The molecule has 4 heteroatoms. The van der Waals surface area contributed by atoms with Crippen molar-refractivity contribution in [2.24, 2.45) is 0 Å². The van der Waals surface area contributed by atoms with Gasteiger partial charge in [-0.2, -0.15) is 0 Å². The van der Waals surface area contributed by atoms with Crippen LogP contribution in [-0.4, -0.2) is 0 Å². The summed E-state index contributed by atoms with van der Waals surface area (Å²) in [5.74, 6) is -1.01. The van der Waals surface area contributed by atoms with Crippen molar-refractivity contribution in [1.29, 1.82) is 0 Å². The molecule has 0 saturated heterocycles. The van der Waals surface area contributed by atoms with Crippen molar-refractivity contribution >= 4 is 11.3 Å². The maximum absolute atomic E-state index is 13.4. The molecule has 1 nitrogen and oxygen atoms in total. The van der Waals surface area contributed by atoms with Gasteiger partial charge in [-0.05, 0) is 30.5 Å². The largest absolute Gasteiger partial charge is 0.305 e. The van der Waals surface area contributed by atoms with E-state index in [2.05, 4.69) is 5.32 Å². The molecule has 1 aromatic carbocycles. The van der Waals surface area contributed by atoms with E-state index in [1.54, 1.807) is 11.3 Å². The van der Waals surface area contributed by atoms with Crippen LogP contribution in [0.2, 0.25) is 0 Å². The second-order valence-electron chi connectivity index (χ2n) is 3.82. The van der Waals surface area contributed by atoms with Crippen molar-refractivity contribution in [3.05, 3.63) is 57.8 Å². The van der Waals surface area contributed by atoms with E-state index in [-0.39, 0.29) is 18.2 Å². The second kappa shape index (κ2) is 5.38. The monoisotopic (exact) mass is 253 g/mol.